The Kier molecular flexibility index (Phi) is 2.42. The summed E-state index contributed by atoms with van der Waals surface area (Å²) in [6, 6.07) is 16.3. The van der Waals surface area contributed by atoms with Crippen molar-refractivity contribution < 1.29 is 0 Å². The van der Waals surface area contributed by atoms with Crippen LogP contribution < -0.4 is 11.5 Å². The van der Waals surface area contributed by atoms with Crippen LogP contribution in [0.3, 0.4) is 0 Å². The summed E-state index contributed by atoms with van der Waals surface area (Å²) in [6.07, 6.45) is 0. The number of aromatic nitrogens is 4. The Labute approximate surface area is 136 Å². The number of fused-ring (bicyclic) bond motifs is 7. The molecular formula is C18H12N6. The van der Waals surface area contributed by atoms with Gasteiger partial charge in [-0.3, -0.25) is 0 Å². The molecule has 24 heavy (non-hydrogen) atoms. The molecule has 0 aliphatic rings. The SMILES string of the molecule is Nc1nnc(N)c2nc3c4ccccc4c4ccccc4c3nc12. The first kappa shape index (κ1) is 13.0. The van der Waals surface area contributed by atoms with Gasteiger partial charge in [-0.05, 0) is 10.8 Å². The molecule has 5 aromatic rings. The zero-order chi connectivity index (χ0) is 16.3. The summed E-state index contributed by atoms with van der Waals surface area (Å²) in [6.45, 7) is 0. The van der Waals surface area contributed by atoms with Gasteiger partial charge < -0.3 is 11.5 Å². The number of hydrogen-bond acceptors (Lipinski definition) is 6. The molecule has 0 spiro atoms. The maximum atomic E-state index is 5.94. The van der Waals surface area contributed by atoms with Crippen molar-refractivity contribution in [1.82, 2.24) is 20.2 Å². The number of rotatable bonds is 0. The highest BCUT2D eigenvalue weighted by Gasteiger charge is 2.15. The third-order valence-corrected chi connectivity index (χ3v) is 4.30. The fraction of sp³-hybridized carbons (Fsp3) is 0. The van der Waals surface area contributed by atoms with E-state index in [1.165, 1.54) is 0 Å². The van der Waals surface area contributed by atoms with E-state index in [0.29, 0.717) is 11.0 Å². The lowest BCUT2D eigenvalue weighted by Crippen LogP contribution is -2.03. The van der Waals surface area contributed by atoms with E-state index in [-0.39, 0.29) is 11.6 Å². The fourth-order valence-corrected chi connectivity index (χ4v) is 3.22. The molecule has 6 heteroatoms. The van der Waals surface area contributed by atoms with E-state index in [4.69, 9.17) is 21.4 Å². The smallest absolute Gasteiger partial charge is 0.174 e. The maximum absolute atomic E-state index is 5.94. The molecule has 0 aliphatic carbocycles. The zero-order valence-electron chi connectivity index (χ0n) is 12.6. The lowest BCUT2D eigenvalue weighted by molar-refractivity contribution is 1.06. The Bertz CT molecular complexity index is 1180. The van der Waals surface area contributed by atoms with Crippen molar-refractivity contribution >= 4 is 55.2 Å². The van der Waals surface area contributed by atoms with Crippen molar-refractivity contribution in [2.24, 2.45) is 0 Å². The minimum absolute atomic E-state index is 0.228. The predicted octanol–water partition coefficient (Wildman–Crippen LogP) is 3.04. The van der Waals surface area contributed by atoms with Gasteiger partial charge in [-0.1, -0.05) is 48.5 Å². The first-order chi connectivity index (χ1) is 11.7. The van der Waals surface area contributed by atoms with Crippen LogP contribution in [0.4, 0.5) is 11.6 Å². The third-order valence-electron chi connectivity index (χ3n) is 4.30. The highest BCUT2D eigenvalue weighted by Crippen LogP contribution is 2.34. The number of anilines is 2. The molecule has 2 heterocycles. The minimum atomic E-state index is 0.228. The van der Waals surface area contributed by atoms with Crippen LogP contribution in [0.5, 0.6) is 0 Å². The standard InChI is InChI=1S/C18H12N6/c19-17-15-16(18(20)24-23-17)22-14-12-8-4-2-6-10(12)9-5-1-3-7-11(9)13(14)21-15/h1-8H,(H2,19,23)(H2,20,24). The van der Waals surface area contributed by atoms with E-state index in [1.54, 1.807) is 0 Å². The highest BCUT2D eigenvalue weighted by molar-refractivity contribution is 6.24. The van der Waals surface area contributed by atoms with Gasteiger partial charge >= 0.3 is 0 Å². The molecule has 0 fully saturated rings. The molecule has 0 saturated carbocycles. The Morgan fingerprint density at radius 2 is 0.875 bits per heavy atom. The molecule has 0 amide bonds. The molecule has 2 aromatic heterocycles. The molecule has 6 nitrogen and oxygen atoms in total. The summed E-state index contributed by atoms with van der Waals surface area (Å²) < 4.78 is 0. The van der Waals surface area contributed by atoms with Crippen LogP contribution in [-0.4, -0.2) is 20.2 Å². The van der Waals surface area contributed by atoms with E-state index in [2.05, 4.69) is 22.3 Å². The molecule has 3 aromatic carbocycles. The van der Waals surface area contributed by atoms with Gasteiger partial charge in [-0.2, -0.15) is 0 Å². The van der Waals surface area contributed by atoms with E-state index < -0.39 is 0 Å². The van der Waals surface area contributed by atoms with Gasteiger partial charge in [-0.15, -0.1) is 10.2 Å². The van der Waals surface area contributed by atoms with Crippen molar-refractivity contribution in [1.29, 1.82) is 0 Å². The molecule has 0 atom stereocenters. The Morgan fingerprint density at radius 3 is 1.29 bits per heavy atom. The van der Waals surface area contributed by atoms with Gasteiger partial charge in [0.15, 0.2) is 11.6 Å². The molecule has 5 rings (SSSR count). The highest BCUT2D eigenvalue weighted by atomic mass is 15.2. The molecular weight excluding hydrogens is 300 g/mol. The van der Waals surface area contributed by atoms with Crippen LogP contribution in [0.15, 0.2) is 48.5 Å². The lowest BCUT2D eigenvalue weighted by atomic mass is 9.99. The predicted molar refractivity (Wildman–Crippen MR) is 96.5 cm³/mol. The monoisotopic (exact) mass is 312 g/mol. The molecule has 0 bridgehead atoms. The molecule has 0 radical (unpaired) electrons. The van der Waals surface area contributed by atoms with Crippen molar-refractivity contribution in [2.45, 2.75) is 0 Å². The summed E-state index contributed by atoms with van der Waals surface area (Å²) in [7, 11) is 0. The van der Waals surface area contributed by atoms with Gasteiger partial charge in [0.05, 0.1) is 11.0 Å². The van der Waals surface area contributed by atoms with Crippen LogP contribution in [-0.2, 0) is 0 Å². The fourth-order valence-electron chi connectivity index (χ4n) is 3.22. The average molecular weight is 312 g/mol. The second kappa shape index (κ2) is 4.48. The van der Waals surface area contributed by atoms with Crippen molar-refractivity contribution in [3.8, 4) is 0 Å². The molecule has 4 N–H and O–H groups in total. The molecule has 0 unspecified atom stereocenters. The number of nitrogen functional groups attached to an aromatic ring is 2. The van der Waals surface area contributed by atoms with Gasteiger partial charge in [0.25, 0.3) is 0 Å². The second-order valence-corrected chi connectivity index (χ2v) is 5.68. The summed E-state index contributed by atoms with van der Waals surface area (Å²) in [5, 5.41) is 12.0. The summed E-state index contributed by atoms with van der Waals surface area (Å²) in [5.41, 5.74) is 14.4. The number of hydrogen-bond donors (Lipinski definition) is 2. The van der Waals surface area contributed by atoms with E-state index >= 15 is 0 Å². The van der Waals surface area contributed by atoms with Gasteiger partial charge in [0, 0.05) is 10.8 Å². The van der Waals surface area contributed by atoms with E-state index in [9.17, 15) is 0 Å². The van der Waals surface area contributed by atoms with Gasteiger partial charge in [-0.25, -0.2) is 9.97 Å². The quantitative estimate of drug-likeness (QED) is 0.336. The number of nitrogens with zero attached hydrogens (tertiary/aromatic N) is 4. The van der Waals surface area contributed by atoms with Crippen LogP contribution in [0, 0.1) is 0 Å². The van der Waals surface area contributed by atoms with E-state index in [1.807, 2.05) is 36.4 Å². The average Bonchev–Trinajstić information content (AvgIpc) is 2.64. The molecule has 114 valence electrons. The summed E-state index contributed by atoms with van der Waals surface area (Å²) in [5.74, 6) is 0.455. The third kappa shape index (κ3) is 1.59. The van der Waals surface area contributed by atoms with Crippen LogP contribution in [0.2, 0.25) is 0 Å². The summed E-state index contributed by atoms with van der Waals surface area (Å²) in [4.78, 5) is 9.49. The number of nitrogens with two attached hydrogens (primary N) is 2. The lowest BCUT2D eigenvalue weighted by Gasteiger charge is -2.10. The number of benzene rings is 3. The van der Waals surface area contributed by atoms with Crippen molar-refractivity contribution in [3.05, 3.63) is 48.5 Å². The van der Waals surface area contributed by atoms with E-state index in [0.717, 1.165) is 32.6 Å². The van der Waals surface area contributed by atoms with Gasteiger partial charge in [0.2, 0.25) is 0 Å². The first-order valence-corrected chi connectivity index (χ1v) is 7.52. The Morgan fingerprint density at radius 1 is 0.500 bits per heavy atom. The topological polar surface area (TPSA) is 104 Å². The molecule has 0 aliphatic heterocycles. The van der Waals surface area contributed by atoms with Crippen LogP contribution in [0.1, 0.15) is 0 Å². The largest absolute Gasteiger partial charge is 0.380 e. The minimum Gasteiger partial charge on any atom is -0.380 e. The van der Waals surface area contributed by atoms with Crippen molar-refractivity contribution in [3.63, 3.8) is 0 Å². The van der Waals surface area contributed by atoms with Crippen LogP contribution >= 0.6 is 0 Å². The molecule has 0 saturated heterocycles. The van der Waals surface area contributed by atoms with Crippen LogP contribution in [0.25, 0.3) is 43.6 Å². The Hall–Kier alpha value is -3.54. The van der Waals surface area contributed by atoms with Crippen molar-refractivity contribution in [2.75, 3.05) is 11.5 Å². The normalized spacial score (nSPS) is 11.7. The summed E-state index contributed by atoms with van der Waals surface area (Å²) >= 11 is 0. The maximum Gasteiger partial charge on any atom is 0.174 e. The first-order valence-electron chi connectivity index (χ1n) is 7.52. The van der Waals surface area contributed by atoms with Gasteiger partial charge in [0.1, 0.15) is 11.0 Å². The Balaban J connectivity index is 2.17. The second-order valence-electron chi connectivity index (χ2n) is 5.68. The zero-order valence-corrected chi connectivity index (χ0v) is 12.6.